The molecule has 10 heteroatoms. The Kier molecular flexibility index (Phi) is 10.0. The van der Waals surface area contributed by atoms with Gasteiger partial charge in [0.15, 0.2) is 0 Å². The van der Waals surface area contributed by atoms with E-state index in [-0.39, 0.29) is 34.0 Å². The van der Waals surface area contributed by atoms with Gasteiger partial charge in [0, 0.05) is 35.8 Å². The Morgan fingerprint density at radius 1 is 1.00 bits per heavy atom. The molecule has 9 nitrogen and oxygen atoms in total. The Balaban J connectivity index is 1.45. The lowest BCUT2D eigenvalue weighted by Gasteiger charge is -2.33. The first-order chi connectivity index (χ1) is 23.3. The first-order valence-corrected chi connectivity index (χ1v) is 18.8. The minimum atomic E-state index is -4.02. The maximum Gasteiger partial charge on any atom is 0.264 e. The minimum Gasteiger partial charge on any atom is -0.477 e. The quantitative estimate of drug-likeness (QED) is 0.221. The topological polar surface area (TPSA) is 107 Å². The third kappa shape index (κ3) is 7.91. The van der Waals surface area contributed by atoms with Crippen molar-refractivity contribution in [3.8, 4) is 17.1 Å². The number of pyridine rings is 1. The number of morpholine rings is 1. The maximum atomic E-state index is 14.0. The summed E-state index contributed by atoms with van der Waals surface area (Å²) < 4.78 is 42.8. The predicted molar refractivity (Wildman–Crippen MR) is 195 cm³/mol. The van der Waals surface area contributed by atoms with Gasteiger partial charge in [0.25, 0.3) is 10.0 Å². The highest BCUT2D eigenvalue weighted by atomic mass is 32.2. The third-order valence-corrected chi connectivity index (χ3v) is 10.9. The summed E-state index contributed by atoms with van der Waals surface area (Å²) in [5.74, 6) is 0.566. The van der Waals surface area contributed by atoms with Crippen molar-refractivity contribution in [2.75, 3.05) is 42.5 Å². The number of anilines is 2. The number of hydrogen-bond donors (Lipinski definition) is 1. The fourth-order valence-corrected chi connectivity index (χ4v) is 8.13. The van der Waals surface area contributed by atoms with Crippen LogP contribution in [-0.4, -0.2) is 56.3 Å². The van der Waals surface area contributed by atoms with E-state index in [9.17, 15) is 8.42 Å². The summed E-state index contributed by atoms with van der Waals surface area (Å²) in [5, 5.41) is 0. The van der Waals surface area contributed by atoms with E-state index in [1.807, 2.05) is 31.3 Å². The van der Waals surface area contributed by atoms with Gasteiger partial charge in [-0.2, -0.15) is 4.98 Å². The Labute approximate surface area is 291 Å². The number of ether oxygens (including phenoxy) is 2. The van der Waals surface area contributed by atoms with Gasteiger partial charge in [-0.3, -0.25) is 4.98 Å². The molecule has 2 aromatic heterocycles. The van der Waals surface area contributed by atoms with Gasteiger partial charge in [-0.15, -0.1) is 0 Å². The zero-order chi connectivity index (χ0) is 34.9. The molecule has 0 saturated carbocycles. The van der Waals surface area contributed by atoms with Crippen molar-refractivity contribution < 1.29 is 17.9 Å². The summed E-state index contributed by atoms with van der Waals surface area (Å²) in [7, 11) is -4.02. The lowest BCUT2D eigenvalue weighted by Crippen LogP contribution is -2.36. The van der Waals surface area contributed by atoms with Gasteiger partial charge in [-0.05, 0) is 84.9 Å². The smallest absolute Gasteiger partial charge is 0.264 e. The molecule has 1 fully saturated rings. The molecule has 4 aromatic rings. The molecule has 0 radical (unpaired) electrons. The van der Waals surface area contributed by atoms with Crippen LogP contribution in [0.15, 0.2) is 65.7 Å². The van der Waals surface area contributed by atoms with Crippen LogP contribution >= 0.6 is 0 Å². The highest BCUT2D eigenvalue weighted by Crippen LogP contribution is 2.40. The second-order valence-corrected chi connectivity index (χ2v) is 16.6. The first kappa shape index (κ1) is 34.8. The number of nitrogens with zero attached hydrogens (tertiary/aromatic N) is 4. The second-order valence-electron chi connectivity index (χ2n) is 15.0. The normalized spacial score (nSPS) is 19.4. The molecule has 0 amide bonds. The molecule has 2 atom stereocenters. The van der Waals surface area contributed by atoms with Crippen LogP contribution in [0.1, 0.15) is 80.8 Å². The number of aryl methyl sites for hydroxylation is 1. The van der Waals surface area contributed by atoms with Gasteiger partial charge < -0.3 is 14.4 Å². The molecular formula is C39H49N5O4S. The van der Waals surface area contributed by atoms with Crippen molar-refractivity contribution in [3.63, 3.8) is 0 Å². The molecule has 2 aromatic carbocycles. The molecule has 49 heavy (non-hydrogen) atoms. The summed E-state index contributed by atoms with van der Waals surface area (Å²) in [6.45, 7) is 18.5. The van der Waals surface area contributed by atoms with E-state index < -0.39 is 10.0 Å². The van der Waals surface area contributed by atoms with Crippen LogP contribution in [0.25, 0.3) is 11.3 Å². The van der Waals surface area contributed by atoms with Crippen LogP contribution in [0.3, 0.4) is 0 Å². The van der Waals surface area contributed by atoms with E-state index in [0.29, 0.717) is 37.8 Å². The van der Waals surface area contributed by atoms with Crippen LogP contribution in [0.5, 0.6) is 5.88 Å². The van der Waals surface area contributed by atoms with Gasteiger partial charge in [-0.1, -0.05) is 65.0 Å². The molecule has 260 valence electrons. The molecule has 0 spiro atoms. The highest BCUT2D eigenvalue weighted by Gasteiger charge is 2.32. The van der Waals surface area contributed by atoms with E-state index in [4.69, 9.17) is 19.4 Å². The molecule has 2 aliphatic heterocycles. The van der Waals surface area contributed by atoms with E-state index in [1.165, 1.54) is 0 Å². The number of fused-ring (bicyclic) bond motifs is 4. The lowest BCUT2D eigenvalue weighted by molar-refractivity contribution is 0.122. The summed E-state index contributed by atoms with van der Waals surface area (Å²) in [6.07, 6.45) is 3.42. The van der Waals surface area contributed by atoms with Gasteiger partial charge in [0.1, 0.15) is 0 Å². The summed E-state index contributed by atoms with van der Waals surface area (Å²) in [6, 6.07) is 17.7. The molecule has 1 N–H and O–H groups in total. The lowest BCUT2D eigenvalue weighted by atomic mass is 9.74. The molecular weight excluding hydrogens is 635 g/mol. The number of sulfonamides is 1. The number of aromatic nitrogens is 3. The monoisotopic (exact) mass is 683 g/mol. The number of rotatable bonds is 6. The first-order valence-electron chi connectivity index (χ1n) is 17.3. The molecule has 1 unspecified atom stereocenters. The fraction of sp³-hybridized carbons (Fsp3) is 0.462. The molecule has 4 bridgehead atoms. The van der Waals surface area contributed by atoms with Gasteiger partial charge in [0.05, 0.1) is 42.3 Å². The Hall–Kier alpha value is -4.02. The predicted octanol–water partition coefficient (Wildman–Crippen LogP) is 7.69. The second kappa shape index (κ2) is 14.1. The number of hydrogen-bond acceptors (Lipinski definition) is 8. The molecule has 6 rings (SSSR count). The summed E-state index contributed by atoms with van der Waals surface area (Å²) >= 11 is 0. The van der Waals surface area contributed by atoms with Gasteiger partial charge in [0.2, 0.25) is 11.8 Å². The van der Waals surface area contributed by atoms with Crippen molar-refractivity contribution >= 4 is 21.7 Å². The van der Waals surface area contributed by atoms with E-state index in [0.717, 1.165) is 58.7 Å². The SMILES string of the molecule is Cc1cccc(C(C)C)c1-c1nc2nc(c1C)OC[C@@H](CC(C)(C)C)C(Cc1ccc(N3CCOCC3)cn1)c1cccc(c1)S(=O)(=O)N2. The Morgan fingerprint density at radius 3 is 2.45 bits per heavy atom. The fourth-order valence-electron chi connectivity index (χ4n) is 7.13. The Bertz CT molecular complexity index is 1900. The Morgan fingerprint density at radius 2 is 1.76 bits per heavy atom. The van der Waals surface area contributed by atoms with Crippen molar-refractivity contribution in [2.45, 2.75) is 78.0 Å². The average Bonchev–Trinajstić information content (AvgIpc) is 3.06. The van der Waals surface area contributed by atoms with E-state index >= 15 is 0 Å². The van der Waals surface area contributed by atoms with Crippen LogP contribution in [-0.2, 0) is 21.2 Å². The largest absolute Gasteiger partial charge is 0.477 e. The highest BCUT2D eigenvalue weighted by molar-refractivity contribution is 7.92. The van der Waals surface area contributed by atoms with E-state index in [2.05, 4.69) is 80.4 Å². The van der Waals surface area contributed by atoms with Gasteiger partial charge >= 0.3 is 0 Å². The third-order valence-electron chi connectivity index (χ3n) is 9.58. The van der Waals surface area contributed by atoms with Crippen molar-refractivity contribution in [3.05, 3.63) is 88.7 Å². The van der Waals surface area contributed by atoms with Crippen LogP contribution in [0.2, 0.25) is 0 Å². The van der Waals surface area contributed by atoms with Crippen LogP contribution in [0.4, 0.5) is 11.6 Å². The summed E-state index contributed by atoms with van der Waals surface area (Å²) in [4.78, 5) is 16.9. The zero-order valence-electron chi connectivity index (χ0n) is 29.8. The molecule has 0 aliphatic carbocycles. The maximum absolute atomic E-state index is 14.0. The molecule has 2 aliphatic rings. The van der Waals surface area contributed by atoms with Crippen molar-refractivity contribution in [1.29, 1.82) is 0 Å². The average molecular weight is 684 g/mol. The zero-order valence-corrected chi connectivity index (χ0v) is 30.6. The standard InChI is InChI=1S/C39H49N5O4S/c1-25(2)33-13-8-10-26(3)35(33)36-27(4)37-42-38(41-36)43-49(45,46)32-12-9-11-28(20-32)34(29(24-48-37)22-39(5,6)7)21-30-14-15-31(23-40-30)44-16-18-47-19-17-44/h8-15,20,23,25,29,34H,16-19,21-22,24H2,1-7H3,(H,41,42,43)/t29-,34?/m1/s1. The van der Waals surface area contributed by atoms with Crippen molar-refractivity contribution in [1.82, 2.24) is 15.0 Å². The van der Waals surface area contributed by atoms with Crippen molar-refractivity contribution in [2.24, 2.45) is 11.3 Å². The van der Waals surface area contributed by atoms with Crippen LogP contribution < -0.4 is 14.4 Å². The van der Waals surface area contributed by atoms with Crippen LogP contribution in [0, 0.1) is 25.2 Å². The van der Waals surface area contributed by atoms with E-state index in [1.54, 1.807) is 12.1 Å². The number of nitrogens with one attached hydrogen (secondary N) is 1. The molecule has 4 heterocycles. The number of benzene rings is 2. The summed E-state index contributed by atoms with van der Waals surface area (Å²) in [5.41, 5.74) is 7.56. The minimum absolute atomic E-state index is 0.00647. The van der Waals surface area contributed by atoms with Gasteiger partial charge in [-0.25, -0.2) is 18.1 Å². The molecule has 1 saturated heterocycles.